The normalized spacial score (nSPS) is 20.8. The molecule has 0 spiro atoms. The Morgan fingerprint density at radius 1 is 1.03 bits per heavy atom. The molecule has 0 radical (unpaired) electrons. The van der Waals surface area contributed by atoms with Gasteiger partial charge in [0.25, 0.3) is 0 Å². The van der Waals surface area contributed by atoms with Gasteiger partial charge in [0.15, 0.2) is 17.3 Å². The van der Waals surface area contributed by atoms with Gasteiger partial charge in [-0.1, -0.05) is 32.0 Å². The van der Waals surface area contributed by atoms with Crippen LogP contribution in [0.5, 0.6) is 17.2 Å². The standard InChI is InChI=1S/C26H29NO5/c1-15(2)14-32-19-7-4-16(5-8-19)18-10-21-26(23(29)12-18)20(13-25(30)27-21)17-6-9-24(31-3)22(28)11-17/h4-9,11,15,18,20,28H,10,12-14H2,1-3H3,(H,27,30). The summed E-state index contributed by atoms with van der Waals surface area (Å²) in [6.45, 7) is 4.87. The summed E-state index contributed by atoms with van der Waals surface area (Å²) in [6.07, 6.45) is 1.17. The van der Waals surface area contributed by atoms with Gasteiger partial charge in [0.1, 0.15) is 5.75 Å². The smallest absolute Gasteiger partial charge is 0.225 e. The largest absolute Gasteiger partial charge is 0.504 e. The molecule has 1 heterocycles. The average molecular weight is 436 g/mol. The van der Waals surface area contributed by atoms with Crippen molar-refractivity contribution in [2.75, 3.05) is 13.7 Å². The molecule has 1 aliphatic heterocycles. The van der Waals surface area contributed by atoms with Gasteiger partial charge in [-0.3, -0.25) is 9.59 Å². The summed E-state index contributed by atoms with van der Waals surface area (Å²) in [4.78, 5) is 25.7. The molecular weight excluding hydrogens is 406 g/mol. The molecule has 1 aliphatic carbocycles. The van der Waals surface area contributed by atoms with Crippen molar-refractivity contribution in [1.82, 2.24) is 5.32 Å². The predicted octanol–water partition coefficient (Wildman–Crippen LogP) is 4.44. The van der Waals surface area contributed by atoms with E-state index in [1.807, 2.05) is 30.3 Å². The Morgan fingerprint density at radius 2 is 1.75 bits per heavy atom. The van der Waals surface area contributed by atoms with Gasteiger partial charge in [-0.2, -0.15) is 0 Å². The lowest BCUT2D eigenvalue weighted by Gasteiger charge is -2.34. The number of phenolic OH excluding ortho intramolecular Hbond substituents is 1. The first-order valence-corrected chi connectivity index (χ1v) is 11.0. The highest BCUT2D eigenvalue weighted by Crippen LogP contribution is 2.44. The Hall–Kier alpha value is -3.28. The van der Waals surface area contributed by atoms with Crippen LogP contribution in [0.1, 0.15) is 56.1 Å². The molecule has 2 aromatic rings. The van der Waals surface area contributed by atoms with Crippen molar-refractivity contribution in [1.29, 1.82) is 0 Å². The molecule has 168 valence electrons. The monoisotopic (exact) mass is 435 g/mol. The number of aromatic hydroxyl groups is 1. The maximum atomic E-state index is 13.2. The van der Waals surface area contributed by atoms with Crippen LogP contribution in [0.25, 0.3) is 0 Å². The molecule has 6 heteroatoms. The summed E-state index contributed by atoms with van der Waals surface area (Å²) in [5.74, 6) is 1.19. The molecule has 32 heavy (non-hydrogen) atoms. The molecule has 2 unspecified atom stereocenters. The fourth-order valence-electron chi connectivity index (χ4n) is 4.50. The Bertz CT molecular complexity index is 1050. The van der Waals surface area contributed by atoms with E-state index in [1.54, 1.807) is 12.1 Å². The highest BCUT2D eigenvalue weighted by molar-refractivity contribution is 6.02. The second-order valence-electron chi connectivity index (χ2n) is 8.93. The fraction of sp³-hybridized carbons (Fsp3) is 0.385. The number of hydrogen-bond acceptors (Lipinski definition) is 5. The molecule has 0 saturated heterocycles. The molecular formula is C26H29NO5. The molecule has 0 fully saturated rings. The highest BCUT2D eigenvalue weighted by Gasteiger charge is 2.38. The maximum absolute atomic E-state index is 13.2. The number of allylic oxidation sites excluding steroid dienone is 2. The molecule has 2 N–H and O–H groups in total. The van der Waals surface area contributed by atoms with Crippen molar-refractivity contribution in [3.8, 4) is 17.2 Å². The second-order valence-corrected chi connectivity index (χ2v) is 8.93. The first-order valence-electron chi connectivity index (χ1n) is 11.0. The average Bonchev–Trinajstić information content (AvgIpc) is 2.77. The number of ketones is 1. The van der Waals surface area contributed by atoms with Crippen molar-refractivity contribution >= 4 is 11.7 Å². The lowest BCUT2D eigenvalue weighted by molar-refractivity contribution is -0.122. The van der Waals surface area contributed by atoms with Gasteiger partial charge in [0.05, 0.1) is 13.7 Å². The molecule has 2 atom stereocenters. The third-order valence-corrected chi connectivity index (χ3v) is 6.08. The highest BCUT2D eigenvalue weighted by atomic mass is 16.5. The minimum Gasteiger partial charge on any atom is -0.504 e. The lowest BCUT2D eigenvalue weighted by Crippen LogP contribution is -2.38. The number of rotatable bonds is 6. The number of Topliss-reactive ketones (excluding diaryl/α,β-unsaturated/α-hetero) is 1. The van der Waals surface area contributed by atoms with Crippen LogP contribution >= 0.6 is 0 Å². The van der Waals surface area contributed by atoms with Crippen LogP contribution in [-0.2, 0) is 9.59 Å². The van der Waals surface area contributed by atoms with Crippen LogP contribution < -0.4 is 14.8 Å². The number of amides is 1. The lowest BCUT2D eigenvalue weighted by atomic mass is 9.73. The zero-order valence-corrected chi connectivity index (χ0v) is 18.7. The Balaban J connectivity index is 1.58. The van der Waals surface area contributed by atoms with Crippen molar-refractivity contribution in [3.63, 3.8) is 0 Å². The van der Waals surface area contributed by atoms with Crippen LogP contribution in [0.4, 0.5) is 0 Å². The number of nitrogens with one attached hydrogen (secondary N) is 1. The number of methoxy groups -OCH3 is 1. The van der Waals surface area contributed by atoms with Gasteiger partial charge in [0, 0.05) is 30.0 Å². The molecule has 2 aromatic carbocycles. The van der Waals surface area contributed by atoms with E-state index in [9.17, 15) is 14.7 Å². The topological polar surface area (TPSA) is 84.9 Å². The number of hydrogen-bond donors (Lipinski definition) is 2. The van der Waals surface area contributed by atoms with Crippen molar-refractivity contribution in [2.45, 2.75) is 44.9 Å². The third-order valence-electron chi connectivity index (χ3n) is 6.08. The van der Waals surface area contributed by atoms with Gasteiger partial charge in [0.2, 0.25) is 5.91 Å². The Kier molecular flexibility index (Phi) is 6.21. The van der Waals surface area contributed by atoms with Crippen LogP contribution in [0.15, 0.2) is 53.7 Å². The number of carbonyl (C=O) groups excluding carboxylic acids is 2. The maximum Gasteiger partial charge on any atom is 0.225 e. The zero-order chi connectivity index (χ0) is 22.8. The summed E-state index contributed by atoms with van der Waals surface area (Å²) in [7, 11) is 1.48. The first-order chi connectivity index (χ1) is 15.4. The van der Waals surface area contributed by atoms with E-state index in [4.69, 9.17) is 9.47 Å². The third kappa shape index (κ3) is 4.49. The minimum atomic E-state index is -0.365. The van der Waals surface area contributed by atoms with Gasteiger partial charge < -0.3 is 19.9 Å². The number of benzene rings is 2. The summed E-state index contributed by atoms with van der Waals surface area (Å²) in [5.41, 5.74) is 3.15. The summed E-state index contributed by atoms with van der Waals surface area (Å²) >= 11 is 0. The van der Waals surface area contributed by atoms with E-state index in [-0.39, 0.29) is 35.7 Å². The predicted molar refractivity (Wildman–Crippen MR) is 121 cm³/mol. The van der Waals surface area contributed by atoms with Gasteiger partial charge in [-0.15, -0.1) is 0 Å². The molecule has 4 rings (SSSR count). The molecule has 1 amide bonds. The van der Waals surface area contributed by atoms with E-state index < -0.39 is 0 Å². The number of ether oxygens (including phenoxy) is 2. The molecule has 2 aliphatic rings. The summed E-state index contributed by atoms with van der Waals surface area (Å²) in [6, 6.07) is 12.9. The summed E-state index contributed by atoms with van der Waals surface area (Å²) in [5, 5.41) is 13.1. The molecule has 0 aromatic heterocycles. The van der Waals surface area contributed by atoms with Crippen molar-refractivity contribution in [3.05, 3.63) is 64.9 Å². The molecule has 6 nitrogen and oxygen atoms in total. The van der Waals surface area contributed by atoms with Crippen molar-refractivity contribution < 1.29 is 24.2 Å². The minimum absolute atomic E-state index is 0.000887. The zero-order valence-electron chi connectivity index (χ0n) is 18.7. The van der Waals surface area contributed by atoms with Gasteiger partial charge in [-0.25, -0.2) is 0 Å². The van der Waals surface area contributed by atoms with E-state index >= 15 is 0 Å². The Morgan fingerprint density at radius 3 is 2.41 bits per heavy atom. The van der Waals surface area contributed by atoms with Crippen LogP contribution in [0.3, 0.4) is 0 Å². The van der Waals surface area contributed by atoms with E-state index in [0.29, 0.717) is 42.4 Å². The van der Waals surface area contributed by atoms with Gasteiger partial charge >= 0.3 is 0 Å². The van der Waals surface area contributed by atoms with Crippen LogP contribution in [0, 0.1) is 5.92 Å². The van der Waals surface area contributed by atoms with Gasteiger partial charge in [-0.05, 0) is 53.6 Å². The quantitative estimate of drug-likeness (QED) is 0.701. The summed E-state index contributed by atoms with van der Waals surface area (Å²) < 4.78 is 10.9. The first kappa shape index (κ1) is 21.9. The van der Waals surface area contributed by atoms with Crippen molar-refractivity contribution in [2.24, 2.45) is 5.92 Å². The Labute approximate surface area is 188 Å². The van der Waals surface area contributed by atoms with E-state index in [1.165, 1.54) is 7.11 Å². The fourth-order valence-corrected chi connectivity index (χ4v) is 4.50. The SMILES string of the molecule is COc1ccc(C2CC(=O)NC3=C2C(=O)CC(c2ccc(OCC(C)C)cc2)C3)cc1O. The van der Waals surface area contributed by atoms with E-state index in [0.717, 1.165) is 16.9 Å². The number of carbonyl (C=O) groups is 2. The second kappa shape index (κ2) is 9.07. The van der Waals surface area contributed by atoms with Crippen LogP contribution in [-0.4, -0.2) is 30.5 Å². The number of phenols is 1. The molecule has 0 bridgehead atoms. The van der Waals surface area contributed by atoms with E-state index in [2.05, 4.69) is 19.2 Å². The van der Waals surface area contributed by atoms with Crippen LogP contribution in [0.2, 0.25) is 0 Å². The molecule has 0 saturated carbocycles.